The van der Waals surface area contributed by atoms with Gasteiger partial charge in [0.05, 0.1) is 25.3 Å². The Morgan fingerprint density at radius 3 is 2.48 bits per heavy atom. The number of rotatable bonds is 6. The van der Waals surface area contributed by atoms with E-state index in [1.165, 1.54) is 5.56 Å². The zero-order valence-corrected chi connectivity index (χ0v) is 19.5. The van der Waals surface area contributed by atoms with Gasteiger partial charge in [0.2, 0.25) is 5.91 Å². The molecule has 0 radical (unpaired) electrons. The van der Waals surface area contributed by atoms with E-state index in [1.54, 1.807) is 11.3 Å². The molecule has 4 heterocycles. The topological polar surface area (TPSA) is 61.8 Å². The Morgan fingerprint density at radius 1 is 0.970 bits per heavy atom. The number of pyridine rings is 1. The van der Waals surface area contributed by atoms with Crippen molar-refractivity contribution in [1.29, 1.82) is 0 Å². The van der Waals surface area contributed by atoms with Gasteiger partial charge in [-0.1, -0.05) is 30.3 Å². The third-order valence-electron chi connectivity index (χ3n) is 6.20. The Labute approximate surface area is 198 Å². The maximum absolute atomic E-state index is 12.8. The Kier molecular flexibility index (Phi) is 6.95. The van der Waals surface area contributed by atoms with E-state index >= 15 is 0 Å². The molecule has 0 bridgehead atoms. The highest BCUT2D eigenvalue weighted by Crippen LogP contribution is 2.25. The molecule has 33 heavy (non-hydrogen) atoms. The molecule has 2 aliphatic heterocycles. The minimum Gasteiger partial charge on any atom is -0.379 e. The number of ether oxygens (including phenoxy) is 1. The van der Waals surface area contributed by atoms with Gasteiger partial charge in [0.1, 0.15) is 10.8 Å². The van der Waals surface area contributed by atoms with Crippen LogP contribution in [0, 0.1) is 0 Å². The normalized spacial score (nSPS) is 17.3. The van der Waals surface area contributed by atoms with Crippen molar-refractivity contribution < 1.29 is 9.53 Å². The number of benzene rings is 1. The quantitative estimate of drug-likeness (QED) is 0.560. The number of carbonyl (C=O) groups is 1. The number of nitrogens with zero attached hydrogens (tertiary/aromatic N) is 5. The molecule has 0 spiro atoms. The molecule has 2 saturated heterocycles. The average molecular weight is 464 g/mol. The summed E-state index contributed by atoms with van der Waals surface area (Å²) in [5.41, 5.74) is 3.26. The minimum atomic E-state index is 0.147. The van der Waals surface area contributed by atoms with Crippen LogP contribution >= 0.6 is 11.3 Å². The number of piperazine rings is 1. The van der Waals surface area contributed by atoms with Crippen molar-refractivity contribution in [3.05, 3.63) is 65.3 Å². The molecule has 0 atom stereocenters. The summed E-state index contributed by atoms with van der Waals surface area (Å²) in [5, 5.41) is 2.98. The first kappa shape index (κ1) is 22.0. The van der Waals surface area contributed by atoms with E-state index < -0.39 is 0 Å². The summed E-state index contributed by atoms with van der Waals surface area (Å²) in [6.07, 6.45) is 2.17. The standard InChI is InChI=1S/C25H29N5O2S/c31-24(30-11-9-29(10-12-30)23-3-1-2-8-26-23)17-22-19-33-25(27-22)21-6-4-20(5-7-21)18-28-13-15-32-16-14-28/h1-8,19H,9-18H2. The van der Waals surface area contributed by atoms with Gasteiger partial charge in [0.25, 0.3) is 0 Å². The number of hydrogen-bond donors (Lipinski definition) is 0. The summed E-state index contributed by atoms with van der Waals surface area (Å²) in [4.78, 5) is 28.6. The fourth-order valence-electron chi connectivity index (χ4n) is 4.28. The van der Waals surface area contributed by atoms with Crippen LogP contribution in [0.2, 0.25) is 0 Å². The van der Waals surface area contributed by atoms with Gasteiger partial charge in [-0.15, -0.1) is 11.3 Å². The number of carbonyl (C=O) groups excluding carboxylic acids is 1. The van der Waals surface area contributed by atoms with Crippen LogP contribution in [0.25, 0.3) is 10.6 Å². The van der Waals surface area contributed by atoms with Crippen molar-refractivity contribution in [2.24, 2.45) is 0 Å². The first-order valence-electron chi connectivity index (χ1n) is 11.5. The molecule has 0 N–H and O–H groups in total. The summed E-state index contributed by atoms with van der Waals surface area (Å²) < 4.78 is 5.43. The van der Waals surface area contributed by atoms with Gasteiger partial charge in [0.15, 0.2) is 0 Å². The molecular weight excluding hydrogens is 434 g/mol. The van der Waals surface area contributed by atoms with E-state index in [0.29, 0.717) is 6.42 Å². The Bertz CT molecular complexity index is 1040. The lowest BCUT2D eigenvalue weighted by atomic mass is 10.1. The summed E-state index contributed by atoms with van der Waals surface area (Å²) in [6, 6.07) is 14.6. The zero-order valence-electron chi connectivity index (χ0n) is 18.7. The molecule has 0 saturated carbocycles. The summed E-state index contributed by atoms with van der Waals surface area (Å²) in [5.74, 6) is 1.12. The van der Waals surface area contributed by atoms with Crippen LogP contribution in [-0.4, -0.2) is 78.2 Å². The van der Waals surface area contributed by atoms with Crippen LogP contribution in [-0.2, 0) is 22.5 Å². The van der Waals surface area contributed by atoms with E-state index in [1.807, 2.05) is 34.7 Å². The SMILES string of the molecule is O=C(Cc1csc(-c2ccc(CN3CCOCC3)cc2)n1)N1CCN(c2ccccn2)CC1. The molecular formula is C25H29N5O2S. The molecule has 0 aliphatic carbocycles. The van der Waals surface area contributed by atoms with Crippen molar-refractivity contribution in [2.45, 2.75) is 13.0 Å². The number of thiazole rings is 1. The molecule has 1 aromatic carbocycles. The Morgan fingerprint density at radius 2 is 1.76 bits per heavy atom. The van der Waals surface area contributed by atoms with Gasteiger partial charge >= 0.3 is 0 Å². The third-order valence-corrected chi connectivity index (χ3v) is 7.14. The summed E-state index contributed by atoms with van der Waals surface area (Å²) >= 11 is 1.61. The maximum atomic E-state index is 12.8. The number of morpholine rings is 1. The lowest BCUT2D eigenvalue weighted by Gasteiger charge is -2.35. The van der Waals surface area contributed by atoms with E-state index in [4.69, 9.17) is 9.72 Å². The minimum absolute atomic E-state index is 0.147. The van der Waals surface area contributed by atoms with Gasteiger partial charge < -0.3 is 14.5 Å². The smallest absolute Gasteiger partial charge is 0.228 e. The molecule has 5 rings (SSSR count). The van der Waals surface area contributed by atoms with Crippen LogP contribution < -0.4 is 4.90 Å². The van der Waals surface area contributed by atoms with Crippen LogP contribution in [0.3, 0.4) is 0 Å². The number of amides is 1. The Hall–Kier alpha value is -2.81. The number of anilines is 1. The summed E-state index contributed by atoms with van der Waals surface area (Å²) in [6.45, 7) is 7.62. The number of aromatic nitrogens is 2. The largest absolute Gasteiger partial charge is 0.379 e. The van der Waals surface area contributed by atoms with Crippen molar-refractivity contribution in [2.75, 3.05) is 57.4 Å². The molecule has 2 aliphatic rings. The van der Waals surface area contributed by atoms with Gasteiger partial charge in [-0.05, 0) is 17.7 Å². The molecule has 172 valence electrons. The van der Waals surface area contributed by atoms with Crippen molar-refractivity contribution in [1.82, 2.24) is 19.8 Å². The number of hydrogen-bond acceptors (Lipinski definition) is 7. The fraction of sp³-hybridized carbons (Fsp3) is 0.400. The predicted molar refractivity (Wildman–Crippen MR) is 130 cm³/mol. The molecule has 2 fully saturated rings. The van der Waals surface area contributed by atoms with E-state index in [0.717, 1.165) is 81.1 Å². The highest BCUT2D eigenvalue weighted by Gasteiger charge is 2.22. The van der Waals surface area contributed by atoms with E-state index in [2.05, 4.69) is 39.0 Å². The van der Waals surface area contributed by atoms with Crippen molar-refractivity contribution in [3.8, 4) is 10.6 Å². The van der Waals surface area contributed by atoms with Crippen molar-refractivity contribution >= 4 is 23.1 Å². The second-order valence-corrected chi connectivity index (χ2v) is 9.32. The maximum Gasteiger partial charge on any atom is 0.228 e. The average Bonchev–Trinajstić information content (AvgIpc) is 3.34. The lowest BCUT2D eigenvalue weighted by Crippen LogP contribution is -2.49. The van der Waals surface area contributed by atoms with Gasteiger partial charge in [-0.25, -0.2) is 9.97 Å². The van der Waals surface area contributed by atoms with E-state index in [-0.39, 0.29) is 5.91 Å². The summed E-state index contributed by atoms with van der Waals surface area (Å²) in [7, 11) is 0. The highest BCUT2D eigenvalue weighted by atomic mass is 32.1. The first-order chi connectivity index (χ1) is 16.2. The van der Waals surface area contributed by atoms with Crippen LogP contribution in [0.4, 0.5) is 5.82 Å². The molecule has 1 amide bonds. The van der Waals surface area contributed by atoms with Crippen molar-refractivity contribution in [3.63, 3.8) is 0 Å². The molecule has 7 nitrogen and oxygen atoms in total. The van der Waals surface area contributed by atoms with Gasteiger partial charge in [-0.2, -0.15) is 0 Å². The fourth-order valence-corrected chi connectivity index (χ4v) is 5.11. The lowest BCUT2D eigenvalue weighted by molar-refractivity contribution is -0.130. The molecule has 8 heteroatoms. The van der Waals surface area contributed by atoms with Crippen LogP contribution in [0.1, 0.15) is 11.3 Å². The highest BCUT2D eigenvalue weighted by molar-refractivity contribution is 7.13. The Balaban J connectivity index is 1.13. The van der Waals surface area contributed by atoms with Gasteiger partial charge in [0, 0.05) is 63.0 Å². The van der Waals surface area contributed by atoms with Gasteiger partial charge in [-0.3, -0.25) is 9.69 Å². The van der Waals surface area contributed by atoms with E-state index in [9.17, 15) is 4.79 Å². The molecule has 0 unspecified atom stereocenters. The monoisotopic (exact) mass is 463 g/mol. The predicted octanol–water partition coefficient (Wildman–Crippen LogP) is 2.93. The molecule has 2 aromatic heterocycles. The van der Waals surface area contributed by atoms with Crippen LogP contribution in [0.15, 0.2) is 54.0 Å². The zero-order chi connectivity index (χ0) is 22.5. The first-order valence-corrected chi connectivity index (χ1v) is 12.4. The second kappa shape index (κ2) is 10.4. The third kappa shape index (κ3) is 5.58. The van der Waals surface area contributed by atoms with Crippen LogP contribution in [0.5, 0.6) is 0 Å². The second-order valence-electron chi connectivity index (χ2n) is 8.46. The molecule has 3 aromatic rings.